The SMILES string of the molecule is CC(=O)NC(C)C(=O)N1CCC(Oc2ncnc(Oc3ccc(S(C)(=O)=O)cc3F)c2C)CC1. The van der Waals surface area contributed by atoms with Gasteiger partial charge in [0, 0.05) is 39.1 Å². The Morgan fingerprint density at radius 1 is 1.21 bits per heavy atom. The van der Waals surface area contributed by atoms with Gasteiger partial charge in [0.2, 0.25) is 23.6 Å². The standard InChI is InChI=1S/C22H27FN4O6S/c1-13-20(32-16-7-9-27(10-8-16)22(29)14(2)26-15(3)28)24-12-25-21(13)33-19-6-5-17(11-18(19)23)34(4,30)31/h5-6,11-12,14,16H,7-10H2,1-4H3,(H,26,28). The van der Waals surface area contributed by atoms with Gasteiger partial charge in [-0.2, -0.15) is 0 Å². The molecule has 1 atom stereocenters. The number of carbonyl (C=O) groups excluding carboxylic acids is 2. The van der Waals surface area contributed by atoms with Gasteiger partial charge in [0.05, 0.1) is 10.5 Å². The van der Waals surface area contributed by atoms with Crippen LogP contribution in [0.3, 0.4) is 0 Å². The van der Waals surface area contributed by atoms with Crippen LogP contribution in [0.4, 0.5) is 4.39 Å². The van der Waals surface area contributed by atoms with Crippen LogP contribution in [0.25, 0.3) is 0 Å². The van der Waals surface area contributed by atoms with Crippen molar-refractivity contribution in [2.24, 2.45) is 0 Å². The van der Waals surface area contributed by atoms with Crippen molar-refractivity contribution in [2.75, 3.05) is 19.3 Å². The Hall–Kier alpha value is -3.28. The Kier molecular flexibility index (Phi) is 7.70. The largest absolute Gasteiger partial charge is 0.474 e. The molecule has 184 valence electrons. The van der Waals surface area contributed by atoms with Gasteiger partial charge in [-0.15, -0.1) is 0 Å². The smallest absolute Gasteiger partial charge is 0.244 e. The molecule has 10 nitrogen and oxygen atoms in total. The lowest BCUT2D eigenvalue weighted by Crippen LogP contribution is -2.50. The summed E-state index contributed by atoms with van der Waals surface area (Å²) in [6.45, 7) is 5.62. The van der Waals surface area contributed by atoms with Gasteiger partial charge in [-0.25, -0.2) is 22.8 Å². The molecular formula is C22H27FN4O6S. The van der Waals surface area contributed by atoms with Gasteiger partial charge in [-0.3, -0.25) is 9.59 Å². The monoisotopic (exact) mass is 494 g/mol. The first-order valence-electron chi connectivity index (χ1n) is 10.7. The van der Waals surface area contributed by atoms with Crippen LogP contribution in [0.2, 0.25) is 0 Å². The van der Waals surface area contributed by atoms with Crippen LogP contribution in [0, 0.1) is 12.7 Å². The molecule has 1 aromatic heterocycles. The predicted molar refractivity (Wildman–Crippen MR) is 120 cm³/mol. The average molecular weight is 495 g/mol. The quantitative estimate of drug-likeness (QED) is 0.619. The second-order valence-electron chi connectivity index (χ2n) is 8.14. The summed E-state index contributed by atoms with van der Waals surface area (Å²) in [5.74, 6) is -1.08. The lowest BCUT2D eigenvalue weighted by atomic mass is 10.1. The number of sulfone groups is 1. The highest BCUT2D eigenvalue weighted by molar-refractivity contribution is 7.90. The molecule has 2 heterocycles. The maximum atomic E-state index is 14.4. The third kappa shape index (κ3) is 6.19. The lowest BCUT2D eigenvalue weighted by Gasteiger charge is -2.33. The highest BCUT2D eigenvalue weighted by Gasteiger charge is 2.28. The molecule has 1 aliphatic heterocycles. The average Bonchev–Trinajstić information content (AvgIpc) is 2.76. The van der Waals surface area contributed by atoms with Crippen molar-refractivity contribution in [1.82, 2.24) is 20.2 Å². The van der Waals surface area contributed by atoms with Crippen molar-refractivity contribution >= 4 is 21.7 Å². The number of carbonyl (C=O) groups is 2. The first-order chi connectivity index (χ1) is 16.0. The zero-order valence-corrected chi connectivity index (χ0v) is 20.2. The number of nitrogens with zero attached hydrogens (tertiary/aromatic N) is 3. The van der Waals surface area contributed by atoms with Gasteiger partial charge in [0.1, 0.15) is 18.5 Å². The van der Waals surface area contributed by atoms with Crippen molar-refractivity contribution in [3.8, 4) is 17.5 Å². The molecule has 34 heavy (non-hydrogen) atoms. The molecule has 0 saturated carbocycles. The molecule has 1 aromatic carbocycles. The molecule has 2 amide bonds. The van der Waals surface area contributed by atoms with Crippen LogP contribution in [0.5, 0.6) is 17.5 Å². The third-order valence-corrected chi connectivity index (χ3v) is 6.46. The predicted octanol–water partition coefficient (Wildman–Crippen LogP) is 2.01. The highest BCUT2D eigenvalue weighted by atomic mass is 32.2. The van der Waals surface area contributed by atoms with Gasteiger partial charge in [0.15, 0.2) is 21.4 Å². The van der Waals surface area contributed by atoms with Crippen LogP contribution >= 0.6 is 0 Å². The van der Waals surface area contributed by atoms with E-state index in [0.29, 0.717) is 31.5 Å². The fourth-order valence-corrected chi connectivity index (χ4v) is 4.16. The number of aromatic nitrogens is 2. The number of rotatable bonds is 7. The molecule has 1 aliphatic rings. The number of halogens is 1. The first kappa shape index (κ1) is 25.3. The minimum absolute atomic E-state index is 0.0766. The number of hydrogen-bond acceptors (Lipinski definition) is 8. The summed E-state index contributed by atoms with van der Waals surface area (Å²) in [7, 11) is -3.55. The van der Waals surface area contributed by atoms with Gasteiger partial charge in [0.25, 0.3) is 0 Å². The molecule has 1 unspecified atom stereocenters. The summed E-state index contributed by atoms with van der Waals surface area (Å²) in [5, 5.41) is 2.59. The van der Waals surface area contributed by atoms with E-state index in [9.17, 15) is 22.4 Å². The Balaban J connectivity index is 1.64. The number of likely N-dealkylation sites (tertiary alicyclic amines) is 1. The molecule has 1 fully saturated rings. The van der Waals surface area contributed by atoms with E-state index in [-0.39, 0.29) is 40.3 Å². The lowest BCUT2D eigenvalue weighted by molar-refractivity contribution is -0.137. The summed E-state index contributed by atoms with van der Waals surface area (Å²) in [4.78, 5) is 33.3. The number of nitrogens with one attached hydrogen (secondary N) is 1. The number of amides is 2. The van der Waals surface area contributed by atoms with Crippen LogP contribution in [-0.2, 0) is 19.4 Å². The minimum atomic E-state index is -3.55. The van der Waals surface area contributed by atoms with Gasteiger partial charge < -0.3 is 19.7 Å². The van der Waals surface area contributed by atoms with Crippen molar-refractivity contribution in [3.05, 3.63) is 35.9 Å². The first-order valence-corrected chi connectivity index (χ1v) is 12.6. The van der Waals surface area contributed by atoms with Crippen LogP contribution in [0.15, 0.2) is 29.4 Å². The molecule has 0 aliphatic carbocycles. The van der Waals surface area contributed by atoms with Crippen molar-refractivity contribution in [1.29, 1.82) is 0 Å². The molecule has 3 rings (SSSR count). The van der Waals surface area contributed by atoms with Crippen molar-refractivity contribution < 1.29 is 31.9 Å². The Morgan fingerprint density at radius 3 is 2.44 bits per heavy atom. The molecule has 0 bridgehead atoms. The van der Waals surface area contributed by atoms with E-state index in [1.54, 1.807) is 18.7 Å². The zero-order valence-electron chi connectivity index (χ0n) is 19.4. The van der Waals surface area contributed by atoms with E-state index in [0.717, 1.165) is 12.3 Å². The molecule has 2 aromatic rings. The van der Waals surface area contributed by atoms with Crippen molar-refractivity contribution in [2.45, 2.75) is 50.7 Å². The maximum absolute atomic E-state index is 14.4. The number of benzene rings is 1. The fourth-order valence-electron chi connectivity index (χ4n) is 3.53. The van der Waals surface area contributed by atoms with E-state index in [2.05, 4.69) is 15.3 Å². The number of hydrogen-bond donors (Lipinski definition) is 1. The van der Waals surface area contributed by atoms with E-state index in [1.165, 1.54) is 25.4 Å². The number of piperidine rings is 1. The van der Waals surface area contributed by atoms with Crippen LogP contribution < -0.4 is 14.8 Å². The zero-order chi connectivity index (χ0) is 25.0. The normalized spacial score (nSPS) is 15.5. The van der Waals surface area contributed by atoms with Crippen LogP contribution in [0.1, 0.15) is 32.3 Å². The van der Waals surface area contributed by atoms with E-state index < -0.39 is 21.7 Å². The Morgan fingerprint density at radius 2 is 1.85 bits per heavy atom. The minimum Gasteiger partial charge on any atom is -0.474 e. The fraction of sp³-hybridized carbons (Fsp3) is 0.455. The maximum Gasteiger partial charge on any atom is 0.244 e. The molecular weight excluding hydrogens is 467 g/mol. The molecule has 12 heteroatoms. The Labute approximate surface area is 197 Å². The Bertz CT molecular complexity index is 1180. The van der Waals surface area contributed by atoms with E-state index >= 15 is 0 Å². The number of ether oxygens (including phenoxy) is 2. The summed E-state index contributed by atoms with van der Waals surface area (Å²) in [6.07, 6.45) is 3.16. The third-order valence-electron chi connectivity index (χ3n) is 5.35. The summed E-state index contributed by atoms with van der Waals surface area (Å²) >= 11 is 0. The van der Waals surface area contributed by atoms with E-state index in [4.69, 9.17) is 9.47 Å². The summed E-state index contributed by atoms with van der Waals surface area (Å²) < 4.78 is 49.1. The molecule has 0 spiro atoms. The molecule has 1 saturated heterocycles. The van der Waals surface area contributed by atoms with E-state index in [1.807, 2.05) is 0 Å². The summed E-state index contributed by atoms with van der Waals surface area (Å²) in [6, 6.07) is 2.78. The molecule has 0 radical (unpaired) electrons. The second kappa shape index (κ2) is 10.3. The second-order valence-corrected chi connectivity index (χ2v) is 10.2. The highest BCUT2D eigenvalue weighted by Crippen LogP contribution is 2.31. The topological polar surface area (TPSA) is 128 Å². The van der Waals surface area contributed by atoms with Crippen LogP contribution in [-0.4, -0.2) is 66.6 Å². The summed E-state index contributed by atoms with van der Waals surface area (Å²) in [5.41, 5.74) is 0.451. The van der Waals surface area contributed by atoms with Crippen molar-refractivity contribution in [3.63, 3.8) is 0 Å². The van der Waals surface area contributed by atoms with Gasteiger partial charge in [-0.05, 0) is 32.0 Å². The van der Waals surface area contributed by atoms with Gasteiger partial charge in [-0.1, -0.05) is 0 Å². The molecule has 1 N–H and O–H groups in total. The van der Waals surface area contributed by atoms with Gasteiger partial charge >= 0.3 is 0 Å².